The van der Waals surface area contributed by atoms with E-state index in [2.05, 4.69) is 10.3 Å². The molecule has 0 heterocycles. The van der Waals surface area contributed by atoms with Crippen LogP contribution in [0.5, 0.6) is 17.2 Å². The molecule has 39 heavy (non-hydrogen) atoms. The summed E-state index contributed by atoms with van der Waals surface area (Å²) < 4.78 is 11.8. The van der Waals surface area contributed by atoms with E-state index in [4.69, 9.17) is 19.1 Å². The van der Waals surface area contributed by atoms with E-state index in [1.165, 1.54) is 7.11 Å². The molecular weight excluding hydrogens is 496 g/mol. The van der Waals surface area contributed by atoms with Crippen molar-refractivity contribution < 1.29 is 29.0 Å². The third-order valence-electron chi connectivity index (χ3n) is 5.52. The molecule has 0 unspecified atom stereocenters. The van der Waals surface area contributed by atoms with Crippen molar-refractivity contribution in [2.75, 3.05) is 13.7 Å². The Morgan fingerprint density at radius 2 is 1.26 bits per heavy atom. The lowest BCUT2D eigenvalue weighted by molar-refractivity contribution is -0.135. The summed E-state index contributed by atoms with van der Waals surface area (Å²) in [6.07, 6.45) is -0.272. The first-order chi connectivity index (χ1) is 19.1. The first kappa shape index (κ1) is 26.9. The van der Waals surface area contributed by atoms with E-state index in [0.717, 1.165) is 11.1 Å². The van der Waals surface area contributed by atoms with Gasteiger partial charge in [-0.2, -0.15) is 0 Å². The maximum absolute atomic E-state index is 11.3. The lowest BCUT2D eigenvalue weighted by Gasteiger charge is -2.11. The highest BCUT2D eigenvalue weighted by Crippen LogP contribution is 2.19. The molecule has 0 fully saturated rings. The Kier molecular flexibility index (Phi) is 9.67. The van der Waals surface area contributed by atoms with Gasteiger partial charge in [0.1, 0.15) is 37.5 Å². The number of aliphatic carboxylic acids is 1. The third-order valence-corrected chi connectivity index (χ3v) is 5.52. The van der Waals surface area contributed by atoms with E-state index in [1.54, 1.807) is 36.4 Å². The van der Waals surface area contributed by atoms with Crippen molar-refractivity contribution in [3.63, 3.8) is 0 Å². The second-order valence-electron chi connectivity index (χ2n) is 8.35. The van der Waals surface area contributed by atoms with Gasteiger partial charge in [-0.15, -0.1) is 0 Å². The molecule has 0 spiro atoms. The number of nitrogens with zero attached hydrogens (tertiary/aromatic N) is 2. The van der Waals surface area contributed by atoms with Crippen LogP contribution in [0.25, 0.3) is 0 Å². The molecule has 0 bridgehead atoms. The smallest absolute Gasteiger partial charge is 0.309 e. The van der Waals surface area contributed by atoms with Gasteiger partial charge >= 0.3 is 5.97 Å². The molecule has 4 aromatic rings. The maximum atomic E-state index is 11.3. The number of rotatable bonds is 13. The summed E-state index contributed by atoms with van der Waals surface area (Å²) in [5.41, 5.74) is 3.52. The first-order valence-corrected chi connectivity index (χ1v) is 12.2. The fraction of sp³-hybridized carbons (Fsp3) is 0.129. The monoisotopic (exact) mass is 524 g/mol. The summed E-state index contributed by atoms with van der Waals surface area (Å²) >= 11 is 0. The van der Waals surface area contributed by atoms with Gasteiger partial charge in [0, 0.05) is 11.1 Å². The highest BCUT2D eigenvalue weighted by molar-refractivity contribution is 6.08. The number of hydrogen-bond donors (Lipinski definition) is 1. The maximum Gasteiger partial charge on any atom is 0.309 e. The lowest BCUT2D eigenvalue weighted by atomic mass is 10.1. The van der Waals surface area contributed by atoms with E-state index in [-0.39, 0.29) is 13.0 Å². The summed E-state index contributed by atoms with van der Waals surface area (Å²) in [6, 6.07) is 33.4. The van der Waals surface area contributed by atoms with Gasteiger partial charge in [0.15, 0.2) is 5.75 Å². The molecule has 0 atom stereocenters. The molecule has 0 aliphatic rings. The summed E-state index contributed by atoms with van der Waals surface area (Å²) in [4.78, 5) is 21.7. The van der Waals surface area contributed by atoms with Crippen molar-refractivity contribution in [2.45, 2.75) is 13.0 Å². The van der Waals surface area contributed by atoms with Crippen molar-refractivity contribution in [2.24, 2.45) is 10.3 Å². The Bertz CT molecular complexity index is 1390. The molecule has 0 radical (unpaired) electrons. The van der Waals surface area contributed by atoms with Gasteiger partial charge in [-0.1, -0.05) is 71.0 Å². The van der Waals surface area contributed by atoms with Crippen LogP contribution in [0.3, 0.4) is 0 Å². The number of oxime groups is 2. The van der Waals surface area contributed by atoms with Crippen LogP contribution < -0.4 is 14.3 Å². The quantitative estimate of drug-likeness (QED) is 0.171. The normalized spacial score (nSPS) is 11.5. The van der Waals surface area contributed by atoms with Gasteiger partial charge in [0.05, 0.1) is 12.1 Å². The molecule has 0 amide bonds. The van der Waals surface area contributed by atoms with E-state index < -0.39 is 5.97 Å². The number of para-hydroxylation sites is 1. The van der Waals surface area contributed by atoms with Crippen LogP contribution >= 0.6 is 0 Å². The molecule has 4 aromatic carbocycles. The molecule has 1 N–H and O–H groups in total. The molecular formula is C31H28N2O6. The van der Waals surface area contributed by atoms with Crippen molar-refractivity contribution in [3.8, 4) is 17.2 Å². The predicted octanol–water partition coefficient (Wildman–Crippen LogP) is 5.95. The average molecular weight is 525 g/mol. The van der Waals surface area contributed by atoms with Crippen LogP contribution in [0.1, 0.15) is 23.1 Å². The van der Waals surface area contributed by atoms with E-state index in [0.29, 0.717) is 40.8 Å². The Hall–Kier alpha value is -5.11. The van der Waals surface area contributed by atoms with Crippen molar-refractivity contribution in [1.82, 2.24) is 0 Å². The van der Waals surface area contributed by atoms with E-state index >= 15 is 0 Å². The summed E-state index contributed by atoms with van der Waals surface area (Å²) in [5, 5.41) is 17.4. The van der Waals surface area contributed by atoms with E-state index in [1.807, 2.05) is 72.8 Å². The zero-order chi connectivity index (χ0) is 27.3. The highest BCUT2D eigenvalue weighted by atomic mass is 16.6. The summed E-state index contributed by atoms with van der Waals surface area (Å²) in [7, 11) is 1.51. The van der Waals surface area contributed by atoms with Gasteiger partial charge in [0.2, 0.25) is 0 Å². The fourth-order valence-corrected chi connectivity index (χ4v) is 3.57. The van der Waals surface area contributed by atoms with Crippen molar-refractivity contribution in [3.05, 3.63) is 126 Å². The van der Waals surface area contributed by atoms with Gasteiger partial charge in [-0.25, -0.2) is 0 Å². The van der Waals surface area contributed by atoms with E-state index in [9.17, 15) is 9.90 Å². The molecule has 198 valence electrons. The van der Waals surface area contributed by atoms with Crippen LogP contribution in [0.15, 0.2) is 120 Å². The SMILES string of the molecule is CO/N=C(\COc1ccc(COc2ccc(C(CC(=O)O)=NOc3ccccc3)cc2)cc1)c1ccccc1. The Balaban J connectivity index is 1.32. The van der Waals surface area contributed by atoms with Gasteiger partial charge in [-0.05, 0) is 54.1 Å². The molecule has 0 aromatic heterocycles. The van der Waals surface area contributed by atoms with Gasteiger partial charge in [-0.3, -0.25) is 4.79 Å². The van der Waals surface area contributed by atoms with Gasteiger partial charge in [0.25, 0.3) is 0 Å². The topological polar surface area (TPSA) is 98.9 Å². The third kappa shape index (κ3) is 8.46. The fourth-order valence-electron chi connectivity index (χ4n) is 3.57. The molecule has 4 rings (SSSR count). The molecule has 0 aliphatic carbocycles. The minimum absolute atomic E-state index is 0.267. The summed E-state index contributed by atoms with van der Waals surface area (Å²) in [5.74, 6) is 0.865. The second kappa shape index (κ2) is 14.0. The molecule has 0 aliphatic heterocycles. The van der Waals surface area contributed by atoms with Crippen LogP contribution in [-0.4, -0.2) is 36.2 Å². The number of hydrogen-bond acceptors (Lipinski definition) is 7. The zero-order valence-corrected chi connectivity index (χ0v) is 21.4. The highest BCUT2D eigenvalue weighted by Gasteiger charge is 2.11. The number of ether oxygens (including phenoxy) is 2. The standard InChI is InChI=1S/C31H28N2O6/c1-36-32-30(24-8-4-2-5-9-24)22-38-26-16-12-23(13-17-26)21-37-27-18-14-25(15-19-27)29(20-31(34)35)33-39-28-10-6-3-7-11-28/h2-19H,20-22H2,1H3,(H,34,35)/b32-30+,33-29?. The number of carbonyl (C=O) groups is 1. The molecule has 0 saturated heterocycles. The Morgan fingerprint density at radius 3 is 1.90 bits per heavy atom. The Morgan fingerprint density at radius 1 is 0.667 bits per heavy atom. The minimum Gasteiger partial charge on any atom is -0.489 e. The number of carboxylic acids is 1. The van der Waals surface area contributed by atoms with Crippen LogP contribution in [0.4, 0.5) is 0 Å². The Labute approximate surface area is 226 Å². The molecule has 8 heteroatoms. The predicted molar refractivity (Wildman–Crippen MR) is 149 cm³/mol. The van der Waals surface area contributed by atoms with Gasteiger partial charge < -0.3 is 24.3 Å². The second-order valence-corrected chi connectivity index (χ2v) is 8.35. The number of carboxylic acid groups (broad SMARTS) is 1. The van der Waals surface area contributed by atoms with Crippen LogP contribution in [0, 0.1) is 0 Å². The largest absolute Gasteiger partial charge is 0.489 e. The first-order valence-electron chi connectivity index (χ1n) is 12.2. The molecule has 8 nitrogen and oxygen atoms in total. The molecule has 0 saturated carbocycles. The average Bonchev–Trinajstić information content (AvgIpc) is 2.98. The summed E-state index contributed by atoms with van der Waals surface area (Å²) in [6.45, 7) is 0.622. The number of benzene rings is 4. The lowest BCUT2D eigenvalue weighted by Crippen LogP contribution is -2.13. The van der Waals surface area contributed by atoms with Crippen LogP contribution in [0.2, 0.25) is 0 Å². The van der Waals surface area contributed by atoms with Crippen LogP contribution in [-0.2, 0) is 16.2 Å². The van der Waals surface area contributed by atoms with Crippen molar-refractivity contribution >= 4 is 17.4 Å². The zero-order valence-electron chi connectivity index (χ0n) is 21.4. The van der Waals surface area contributed by atoms with Crippen molar-refractivity contribution in [1.29, 1.82) is 0 Å². The minimum atomic E-state index is -1.000.